The fourth-order valence-corrected chi connectivity index (χ4v) is 2.06. The molecule has 0 bridgehead atoms. The summed E-state index contributed by atoms with van der Waals surface area (Å²) in [4.78, 5) is 7.04. The molecule has 2 aromatic rings. The van der Waals surface area contributed by atoms with Gasteiger partial charge in [-0.2, -0.15) is 0 Å². The number of rotatable bonds is 5. The minimum atomic E-state index is 0.512. The summed E-state index contributed by atoms with van der Waals surface area (Å²) in [7, 11) is 0. The van der Waals surface area contributed by atoms with Gasteiger partial charge in [0.05, 0.1) is 4.99 Å². The van der Waals surface area contributed by atoms with Crippen molar-refractivity contribution in [3.8, 4) is 0 Å². The maximum Gasteiger partial charge on any atom is 0.132 e. The maximum absolute atomic E-state index is 5.60. The molecule has 0 atom stereocenters. The van der Waals surface area contributed by atoms with Gasteiger partial charge in [0.1, 0.15) is 5.82 Å². The van der Waals surface area contributed by atoms with Crippen LogP contribution < -0.4 is 10.6 Å². The third-order valence-electron chi connectivity index (χ3n) is 2.64. The van der Waals surface area contributed by atoms with E-state index in [1.54, 1.807) is 6.20 Å². The third kappa shape index (κ3) is 4.01. The van der Waals surface area contributed by atoms with E-state index in [0.717, 1.165) is 16.0 Å². The van der Waals surface area contributed by atoms with Crippen LogP contribution in [0.2, 0.25) is 0 Å². The Morgan fingerprint density at radius 2 is 1.95 bits per heavy atom. The first-order chi connectivity index (χ1) is 9.16. The first-order valence-corrected chi connectivity index (χ1v) is 7.09. The van der Waals surface area contributed by atoms with Gasteiger partial charge < -0.3 is 10.6 Å². The van der Waals surface area contributed by atoms with E-state index in [-0.39, 0.29) is 0 Å². The van der Waals surface area contributed by atoms with Crippen LogP contribution in [0.4, 0.5) is 11.5 Å². The minimum Gasteiger partial charge on any atom is -0.393 e. The summed E-state index contributed by atoms with van der Waals surface area (Å²) < 4.78 is 0.957. The lowest BCUT2D eigenvalue weighted by atomic mass is 10.2. The highest BCUT2D eigenvalue weighted by Gasteiger charge is 2.10. The molecular weight excluding hydrogens is 322 g/mol. The molecule has 0 saturated heterocycles. The molecule has 5 heteroatoms. The number of thiocarbonyl (C=S) groups is 1. The molecule has 0 aliphatic heterocycles. The smallest absolute Gasteiger partial charge is 0.132 e. The Hall–Kier alpha value is -1.46. The van der Waals surface area contributed by atoms with Gasteiger partial charge in [-0.1, -0.05) is 30.4 Å². The van der Waals surface area contributed by atoms with Crippen molar-refractivity contribution in [2.24, 2.45) is 5.73 Å². The predicted octanol–water partition coefficient (Wildman–Crippen LogP) is 3.66. The standard InChI is InChI=1S/C14H14BrN3S/c15-11-6-7-14(17-10-11)18(9-8-13(16)19)12-4-2-1-3-5-12/h1-7,10H,8-9H2,(H2,16,19). The second-order valence-electron chi connectivity index (χ2n) is 4.04. The molecule has 0 aliphatic rings. The third-order valence-corrected chi connectivity index (χ3v) is 3.31. The van der Waals surface area contributed by atoms with Crippen molar-refractivity contribution >= 4 is 44.6 Å². The van der Waals surface area contributed by atoms with Crippen LogP contribution in [0.15, 0.2) is 53.1 Å². The van der Waals surface area contributed by atoms with Crippen LogP contribution >= 0.6 is 28.1 Å². The average Bonchev–Trinajstić information content (AvgIpc) is 2.42. The highest BCUT2D eigenvalue weighted by molar-refractivity contribution is 9.10. The number of hydrogen-bond acceptors (Lipinski definition) is 3. The Morgan fingerprint density at radius 1 is 1.21 bits per heavy atom. The summed E-state index contributed by atoms with van der Waals surface area (Å²) >= 11 is 8.35. The zero-order chi connectivity index (χ0) is 13.7. The summed E-state index contributed by atoms with van der Waals surface area (Å²) in [5.41, 5.74) is 6.68. The van der Waals surface area contributed by atoms with E-state index in [2.05, 4.69) is 25.8 Å². The van der Waals surface area contributed by atoms with Crippen molar-refractivity contribution in [2.45, 2.75) is 6.42 Å². The van der Waals surface area contributed by atoms with Gasteiger partial charge in [-0.3, -0.25) is 0 Å². The summed E-state index contributed by atoms with van der Waals surface area (Å²) in [6.07, 6.45) is 2.44. The van der Waals surface area contributed by atoms with E-state index in [1.165, 1.54) is 0 Å². The molecule has 0 unspecified atom stereocenters. The van der Waals surface area contributed by atoms with Crippen molar-refractivity contribution in [3.63, 3.8) is 0 Å². The van der Waals surface area contributed by atoms with Crippen molar-refractivity contribution < 1.29 is 0 Å². The van der Waals surface area contributed by atoms with E-state index >= 15 is 0 Å². The molecule has 19 heavy (non-hydrogen) atoms. The number of halogens is 1. The molecule has 0 aliphatic carbocycles. The van der Waals surface area contributed by atoms with E-state index in [4.69, 9.17) is 18.0 Å². The average molecular weight is 336 g/mol. The molecule has 98 valence electrons. The minimum absolute atomic E-state index is 0.512. The first kappa shape index (κ1) is 14.0. The van der Waals surface area contributed by atoms with Crippen LogP contribution in [0.1, 0.15) is 6.42 Å². The van der Waals surface area contributed by atoms with Crippen molar-refractivity contribution in [2.75, 3.05) is 11.4 Å². The molecule has 0 saturated carbocycles. The van der Waals surface area contributed by atoms with Crippen LogP contribution in [0.3, 0.4) is 0 Å². The van der Waals surface area contributed by atoms with Gasteiger partial charge in [0.2, 0.25) is 0 Å². The van der Waals surface area contributed by atoms with Gasteiger partial charge in [0.15, 0.2) is 0 Å². The van der Waals surface area contributed by atoms with Gasteiger partial charge >= 0.3 is 0 Å². The fraction of sp³-hybridized carbons (Fsp3) is 0.143. The molecular formula is C14H14BrN3S. The van der Waals surface area contributed by atoms with E-state index in [9.17, 15) is 0 Å². The van der Waals surface area contributed by atoms with Crippen molar-refractivity contribution in [1.29, 1.82) is 0 Å². The van der Waals surface area contributed by atoms with Gasteiger partial charge in [-0.05, 0) is 40.2 Å². The molecule has 0 amide bonds. The molecule has 3 nitrogen and oxygen atoms in total. The monoisotopic (exact) mass is 335 g/mol. The van der Waals surface area contributed by atoms with Crippen molar-refractivity contribution in [3.05, 3.63) is 53.1 Å². The SMILES string of the molecule is NC(=S)CCN(c1ccccc1)c1ccc(Br)cn1. The Bertz CT molecular complexity index is 542. The summed E-state index contributed by atoms with van der Waals surface area (Å²) in [6.45, 7) is 0.716. The Morgan fingerprint density at radius 3 is 2.53 bits per heavy atom. The van der Waals surface area contributed by atoms with Crippen LogP contribution in [0, 0.1) is 0 Å². The van der Waals surface area contributed by atoms with E-state index in [1.807, 2.05) is 42.5 Å². The Labute approximate surface area is 126 Å². The molecule has 2 N–H and O–H groups in total. The van der Waals surface area contributed by atoms with Crippen LogP contribution in [-0.2, 0) is 0 Å². The highest BCUT2D eigenvalue weighted by atomic mass is 79.9. The molecule has 0 spiro atoms. The number of pyridine rings is 1. The topological polar surface area (TPSA) is 42.1 Å². The van der Waals surface area contributed by atoms with Gasteiger partial charge in [-0.25, -0.2) is 4.98 Å². The van der Waals surface area contributed by atoms with Gasteiger partial charge in [0.25, 0.3) is 0 Å². The fourth-order valence-electron chi connectivity index (χ4n) is 1.73. The summed E-state index contributed by atoms with van der Waals surface area (Å²) in [5, 5.41) is 0. The largest absolute Gasteiger partial charge is 0.393 e. The first-order valence-electron chi connectivity index (χ1n) is 5.89. The quantitative estimate of drug-likeness (QED) is 0.846. The number of hydrogen-bond donors (Lipinski definition) is 1. The molecule has 1 aromatic heterocycles. The molecule has 0 radical (unpaired) electrons. The lowest BCUT2D eigenvalue weighted by Gasteiger charge is -2.23. The number of benzene rings is 1. The van der Waals surface area contributed by atoms with E-state index in [0.29, 0.717) is 18.0 Å². The number of para-hydroxylation sites is 1. The lowest BCUT2D eigenvalue weighted by molar-refractivity contribution is 0.943. The zero-order valence-electron chi connectivity index (χ0n) is 10.3. The lowest BCUT2D eigenvalue weighted by Crippen LogP contribution is -2.23. The zero-order valence-corrected chi connectivity index (χ0v) is 12.7. The van der Waals surface area contributed by atoms with Gasteiger partial charge in [-0.15, -0.1) is 0 Å². The molecule has 1 aromatic carbocycles. The van der Waals surface area contributed by atoms with Crippen LogP contribution in [0.5, 0.6) is 0 Å². The molecule has 0 fully saturated rings. The number of anilines is 2. The Balaban J connectivity index is 2.28. The normalized spacial score (nSPS) is 10.2. The second kappa shape index (κ2) is 6.63. The number of nitrogens with two attached hydrogens (primary N) is 1. The molecule has 2 rings (SSSR count). The summed E-state index contributed by atoms with van der Waals surface area (Å²) in [5.74, 6) is 0.880. The number of nitrogens with zero attached hydrogens (tertiary/aromatic N) is 2. The van der Waals surface area contributed by atoms with Crippen LogP contribution in [-0.4, -0.2) is 16.5 Å². The summed E-state index contributed by atoms with van der Waals surface area (Å²) in [6, 6.07) is 14.0. The highest BCUT2D eigenvalue weighted by Crippen LogP contribution is 2.24. The maximum atomic E-state index is 5.60. The Kier molecular flexibility index (Phi) is 4.87. The van der Waals surface area contributed by atoms with Crippen LogP contribution in [0.25, 0.3) is 0 Å². The number of aromatic nitrogens is 1. The molecule has 1 heterocycles. The predicted molar refractivity (Wildman–Crippen MR) is 86.8 cm³/mol. The van der Waals surface area contributed by atoms with Crippen molar-refractivity contribution in [1.82, 2.24) is 4.98 Å². The van der Waals surface area contributed by atoms with E-state index < -0.39 is 0 Å². The van der Waals surface area contributed by atoms with Gasteiger partial charge in [0, 0.05) is 29.3 Å². The second-order valence-corrected chi connectivity index (χ2v) is 5.48.